The highest BCUT2D eigenvalue weighted by atomic mass is 16.6. The Labute approximate surface area is 84.8 Å². The SMILES string of the molecule is CCCCCC1CCCC(=O)OC1=O. The standard InChI is InChI=1S/C11H18O3/c1-2-3-4-6-9-7-5-8-10(12)14-11(9)13/h9H,2-8H2,1H3. The van der Waals surface area contributed by atoms with E-state index in [0.717, 1.165) is 38.5 Å². The normalized spacial score (nSPS) is 23.1. The van der Waals surface area contributed by atoms with Crippen molar-refractivity contribution in [1.29, 1.82) is 0 Å². The number of cyclic esters (lactones) is 2. The predicted molar refractivity (Wildman–Crippen MR) is 52.6 cm³/mol. The van der Waals surface area contributed by atoms with Gasteiger partial charge in [0.2, 0.25) is 0 Å². The molecule has 1 unspecified atom stereocenters. The average molecular weight is 198 g/mol. The maximum atomic E-state index is 11.4. The maximum Gasteiger partial charge on any atom is 0.316 e. The Kier molecular flexibility index (Phi) is 4.63. The summed E-state index contributed by atoms with van der Waals surface area (Å²) in [6, 6.07) is 0. The molecule has 14 heavy (non-hydrogen) atoms. The summed E-state index contributed by atoms with van der Waals surface area (Å²) in [5.41, 5.74) is 0. The van der Waals surface area contributed by atoms with E-state index in [1.807, 2.05) is 0 Å². The van der Waals surface area contributed by atoms with Crippen molar-refractivity contribution in [3.8, 4) is 0 Å². The Hall–Kier alpha value is -0.860. The first kappa shape index (κ1) is 11.2. The van der Waals surface area contributed by atoms with E-state index in [-0.39, 0.29) is 17.9 Å². The van der Waals surface area contributed by atoms with Crippen LogP contribution in [0.1, 0.15) is 51.9 Å². The molecule has 0 aromatic heterocycles. The first-order valence-electron chi connectivity index (χ1n) is 5.48. The Balaban J connectivity index is 2.35. The fourth-order valence-electron chi connectivity index (χ4n) is 1.76. The Bertz CT molecular complexity index is 211. The minimum absolute atomic E-state index is 0.0343. The molecule has 1 aliphatic heterocycles. The Morgan fingerprint density at radius 3 is 2.86 bits per heavy atom. The lowest BCUT2D eigenvalue weighted by Gasteiger charge is -2.10. The molecule has 0 aliphatic carbocycles. The number of hydrogen-bond donors (Lipinski definition) is 0. The van der Waals surface area contributed by atoms with E-state index < -0.39 is 0 Å². The van der Waals surface area contributed by atoms with Gasteiger partial charge >= 0.3 is 11.9 Å². The molecule has 0 aromatic carbocycles. The van der Waals surface area contributed by atoms with Gasteiger partial charge in [-0.15, -0.1) is 0 Å². The van der Waals surface area contributed by atoms with Gasteiger partial charge in [0.05, 0.1) is 5.92 Å². The van der Waals surface area contributed by atoms with Gasteiger partial charge < -0.3 is 4.74 Å². The molecule has 1 saturated heterocycles. The van der Waals surface area contributed by atoms with Crippen LogP contribution < -0.4 is 0 Å². The van der Waals surface area contributed by atoms with E-state index in [2.05, 4.69) is 11.7 Å². The molecule has 0 amide bonds. The number of unbranched alkanes of at least 4 members (excludes halogenated alkanes) is 2. The fraction of sp³-hybridized carbons (Fsp3) is 0.818. The van der Waals surface area contributed by atoms with Crippen LogP contribution in [0.5, 0.6) is 0 Å². The van der Waals surface area contributed by atoms with Gasteiger partial charge in [0.1, 0.15) is 0 Å². The lowest BCUT2D eigenvalue weighted by molar-refractivity contribution is -0.161. The van der Waals surface area contributed by atoms with E-state index >= 15 is 0 Å². The molecule has 3 nitrogen and oxygen atoms in total. The van der Waals surface area contributed by atoms with Crippen molar-refractivity contribution < 1.29 is 14.3 Å². The second-order valence-corrected chi connectivity index (χ2v) is 3.88. The van der Waals surface area contributed by atoms with E-state index in [1.165, 1.54) is 0 Å². The summed E-state index contributed by atoms with van der Waals surface area (Å²) in [7, 11) is 0. The highest BCUT2D eigenvalue weighted by Crippen LogP contribution is 2.21. The molecular formula is C11H18O3. The van der Waals surface area contributed by atoms with E-state index in [1.54, 1.807) is 0 Å². The van der Waals surface area contributed by atoms with E-state index in [9.17, 15) is 9.59 Å². The molecule has 0 saturated carbocycles. The van der Waals surface area contributed by atoms with Crippen molar-refractivity contribution in [1.82, 2.24) is 0 Å². The topological polar surface area (TPSA) is 43.4 Å². The molecule has 0 bridgehead atoms. The molecule has 1 fully saturated rings. The molecule has 1 rings (SSSR count). The summed E-state index contributed by atoms with van der Waals surface area (Å²) >= 11 is 0. The number of rotatable bonds is 4. The molecule has 0 aromatic rings. The van der Waals surface area contributed by atoms with Gasteiger partial charge in [0, 0.05) is 6.42 Å². The van der Waals surface area contributed by atoms with Crippen LogP contribution in [-0.4, -0.2) is 11.9 Å². The average Bonchev–Trinajstić information content (AvgIpc) is 2.29. The molecular weight excluding hydrogens is 180 g/mol. The second kappa shape index (κ2) is 5.78. The third-order valence-corrected chi connectivity index (χ3v) is 2.64. The number of carbonyl (C=O) groups is 2. The van der Waals surface area contributed by atoms with Gasteiger partial charge in [-0.2, -0.15) is 0 Å². The summed E-state index contributed by atoms with van der Waals surface area (Å²) < 4.78 is 4.68. The van der Waals surface area contributed by atoms with Crippen LogP contribution in [0.3, 0.4) is 0 Å². The second-order valence-electron chi connectivity index (χ2n) is 3.88. The van der Waals surface area contributed by atoms with Crippen molar-refractivity contribution in [3.63, 3.8) is 0 Å². The fourth-order valence-corrected chi connectivity index (χ4v) is 1.76. The number of ether oxygens (including phenoxy) is 1. The zero-order valence-electron chi connectivity index (χ0n) is 8.75. The third kappa shape index (κ3) is 3.48. The van der Waals surface area contributed by atoms with Gasteiger partial charge in [0.25, 0.3) is 0 Å². The van der Waals surface area contributed by atoms with E-state index in [4.69, 9.17) is 0 Å². The summed E-state index contributed by atoms with van der Waals surface area (Å²) in [4.78, 5) is 22.3. The number of hydrogen-bond acceptors (Lipinski definition) is 3. The summed E-state index contributed by atoms with van der Waals surface area (Å²) in [5.74, 6) is -0.690. The van der Waals surface area contributed by atoms with Crippen LogP contribution in [0.15, 0.2) is 0 Å². The highest BCUT2D eigenvalue weighted by molar-refractivity contribution is 5.87. The minimum Gasteiger partial charge on any atom is -0.393 e. The quantitative estimate of drug-likeness (QED) is 0.396. The van der Waals surface area contributed by atoms with E-state index in [0.29, 0.717) is 6.42 Å². The Morgan fingerprint density at radius 1 is 1.36 bits per heavy atom. The van der Waals surface area contributed by atoms with Gasteiger partial charge in [-0.05, 0) is 19.3 Å². The number of carbonyl (C=O) groups excluding carboxylic acids is 2. The minimum atomic E-state index is -0.354. The first-order valence-corrected chi connectivity index (χ1v) is 5.48. The molecule has 1 atom stereocenters. The highest BCUT2D eigenvalue weighted by Gasteiger charge is 2.25. The molecule has 1 aliphatic rings. The van der Waals surface area contributed by atoms with Crippen LogP contribution in [0.2, 0.25) is 0 Å². The van der Waals surface area contributed by atoms with Crippen LogP contribution in [-0.2, 0) is 14.3 Å². The van der Waals surface area contributed by atoms with Gasteiger partial charge in [-0.1, -0.05) is 26.2 Å². The molecule has 0 radical (unpaired) electrons. The monoisotopic (exact) mass is 198 g/mol. The Morgan fingerprint density at radius 2 is 2.14 bits per heavy atom. The molecule has 1 heterocycles. The van der Waals surface area contributed by atoms with Crippen LogP contribution in [0.25, 0.3) is 0 Å². The predicted octanol–water partition coefficient (Wildman–Crippen LogP) is 2.44. The zero-order chi connectivity index (χ0) is 10.4. The zero-order valence-corrected chi connectivity index (χ0v) is 8.75. The van der Waals surface area contributed by atoms with Gasteiger partial charge in [-0.25, -0.2) is 0 Å². The largest absolute Gasteiger partial charge is 0.393 e. The van der Waals surface area contributed by atoms with Crippen LogP contribution >= 0.6 is 0 Å². The molecule has 0 spiro atoms. The van der Waals surface area contributed by atoms with Gasteiger partial charge in [-0.3, -0.25) is 9.59 Å². The smallest absolute Gasteiger partial charge is 0.316 e. The van der Waals surface area contributed by atoms with Gasteiger partial charge in [0.15, 0.2) is 0 Å². The molecule has 80 valence electrons. The van der Waals surface area contributed by atoms with Crippen molar-refractivity contribution in [2.75, 3.05) is 0 Å². The summed E-state index contributed by atoms with van der Waals surface area (Å²) in [6.45, 7) is 2.13. The van der Waals surface area contributed by atoms with Crippen LogP contribution in [0.4, 0.5) is 0 Å². The van der Waals surface area contributed by atoms with Crippen molar-refractivity contribution in [2.24, 2.45) is 5.92 Å². The van der Waals surface area contributed by atoms with Crippen LogP contribution in [0, 0.1) is 5.92 Å². The lowest BCUT2D eigenvalue weighted by atomic mass is 9.96. The maximum absolute atomic E-state index is 11.4. The number of esters is 2. The summed E-state index contributed by atoms with van der Waals surface area (Å²) in [5, 5.41) is 0. The third-order valence-electron chi connectivity index (χ3n) is 2.64. The molecule has 3 heteroatoms. The summed E-state index contributed by atoms with van der Waals surface area (Å²) in [6.07, 6.45) is 6.24. The first-order chi connectivity index (χ1) is 6.74. The molecule has 0 N–H and O–H groups in total. The van der Waals surface area contributed by atoms with Crippen molar-refractivity contribution in [3.05, 3.63) is 0 Å². The van der Waals surface area contributed by atoms with Crippen molar-refractivity contribution >= 4 is 11.9 Å². The lowest BCUT2D eigenvalue weighted by Crippen LogP contribution is -2.17. The van der Waals surface area contributed by atoms with Crippen molar-refractivity contribution in [2.45, 2.75) is 51.9 Å².